The van der Waals surface area contributed by atoms with Gasteiger partial charge in [0.25, 0.3) is 0 Å². The summed E-state index contributed by atoms with van der Waals surface area (Å²) in [4.78, 5) is 27.0. The van der Waals surface area contributed by atoms with Crippen LogP contribution >= 0.6 is 35.0 Å². The van der Waals surface area contributed by atoms with E-state index >= 15 is 0 Å². The third-order valence-corrected chi connectivity index (χ3v) is 6.18. The summed E-state index contributed by atoms with van der Waals surface area (Å²) in [6.45, 7) is 6.54. The number of hydrogen-bond acceptors (Lipinski definition) is 3. The third-order valence-electron chi connectivity index (χ3n) is 4.53. The zero-order chi connectivity index (χ0) is 21.4. The fraction of sp³-hybridized carbons (Fsp3) is 0.364. The number of thioether (sulfide) groups is 1. The highest BCUT2D eigenvalue weighted by atomic mass is 35.5. The molecule has 2 amide bonds. The van der Waals surface area contributed by atoms with Gasteiger partial charge in [0.15, 0.2) is 0 Å². The van der Waals surface area contributed by atoms with Gasteiger partial charge in [-0.2, -0.15) is 0 Å². The lowest BCUT2D eigenvalue weighted by Gasteiger charge is -2.28. The van der Waals surface area contributed by atoms with E-state index in [0.29, 0.717) is 28.9 Å². The van der Waals surface area contributed by atoms with Crippen LogP contribution in [0.4, 0.5) is 0 Å². The number of likely N-dealkylation sites (N-methyl/N-ethyl adjacent to an activating group) is 1. The SMILES string of the molecule is CCNC(=O)[C@H](C)N(Cc1ccc(C)cc1)C(=O)CSCc1c(Cl)cccc1Cl. The lowest BCUT2D eigenvalue weighted by atomic mass is 10.1. The van der Waals surface area contributed by atoms with Gasteiger partial charge in [0.05, 0.1) is 5.75 Å². The minimum absolute atomic E-state index is 0.0995. The molecule has 4 nitrogen and oxygen atoms in total. The smallest absolute Gasteiger partial charge is 0.242 e. The molecular weight excluding hydrogens is 427 g/mol. The van der Waals surface area contributed by atoms with Crippen LogP contribution in [0.15, 0.2) is 42.5 Å². The van der Waals surface area contributed by atoms with E-state index in [-0.39, 0.29) is 17.6 Å². The Kier molecular flexibility index (Phi) is 9.34. The molecule has 0 saturated heterocycles. The van der Waals surface area contributed by atoms with E-state index in [4.69, 9.17) is 23.2 Å². The Labute approximate surface area is 187 Å². The summed E-state index contributed by atoms with van der Waals surface area (Å²) >= 11 is 13.9. The summed E-state index contributed by atoms with van der Waals surface area (Å²) in [5.74, 6) is 0.500. The van der Waals surface area contributed by atoms with Gasteiger partial charge in [0, 0.05) is 28.9 Å². The maximum Gasteiger partial charge on any atom is 0.242 e. The number of carbonyl (C=O) groups is 2. The number of aryl methyl sites for hydroxylation is 1. The average molecular weight is 453 g/mol. The van der Waals surface area contributed by atoms with Gasteiger partial charge in [0.2, 0.25) is 11.8 Å². The van der Waals surface area contributed by atoms with Gasteiger partial charge < -0.3 is 10.2 Å². The van der Waals surface area contributed by atoms with Gasteiger partial charge in [-0.1, -0.05) is 59.1 Å². The van der Waals surface area contributed by atoms with E-state index < -0.39 is 6.04 Å². The summed E-state index contributed by atoms with van der Waals surface area (Å²) in [6.07, 6.45) is 0. The second-order valence-electron chi connectivity index (χ2n) is 6.77. The second kappa shape index (κ2) is 11.5. The van der Waals surface area contributed by atoms with Gasteiger partial charge in [-0.05, 0) is 44.0 Å². The average Bonchev–Trinajstić information content (AvgIpc) is 2.69. The van der Waals surface area contributed by atoms with Crippen molar-refractivity contribution >= 4 is 46.8 Å². The molecule has 1 N–H and O–H groups in total. The van der Waals surface area contributed by atoms with Gasteiger partial charge >= 0.3 is 0 Å². The van der Waals surface area contributed by atoms with Crippen LogP contribution in [-0.4, -0.2) is 35.1 Å². The molecule has 29 heavy (non-hydrogen) atoms. The highest BCUT2D eigenvalue weighted by molar-refractivity contribution is 7.99. The first-order valence-corrected chi connectivity index (χ1v) is 11.4. The van der Waals surface area contributed by atoms with Crippen molar-refractivity contribution in [1.29, 1.82) is 0 Å². The molecule has 7 heteroatoms. The molecule has 0 radical (unpaired) electrons. The fourth-order valence-corrected chi connectivity index (χ4v) is 4.44. The minimum Gasteiger partial charge on any atom is -0.355 e. The predicted molar refractivity (Wildman–Crippen MR) is 122 cm³/mol. The first-order valence-electron chi connectivity index (χ1n) is 9.46. The Morgan fingerprint density at radius 2 is 1.72 bits per heavy atom. The van der Waals surface area contributed by atoms with Crippen LogP contribution in [0, 0.1) is 6.92 Å². The lowest BCUT2D eigenvalue weighted by Crippen LogP contribution is -2.48. The zero-order valence-electron chi connectivity index (χ0n) is 16.9. The largest absolute Gasteiger partial charge is 0.355 e. The molecule has 0 aliphatic rings. The maximum absolute atomic E-state index is 13.0. The zero-order valence-corrected chi connectivity index (χ0v) is 19.2. The van der Waals surface area contributed by atoms with Crippen LogP contribution in [0.5, 0.6) is 0 Å². The maximum atomic E-state index is 13.0. The molecule has 2 rings (SSSR count). The number of halogens is 2. The van der Waals surface area contributed by atoms with Gasteiger partial charge in [-0.3, -0.25) is 9.59 Å². The molecule has 0 bridgehead atoms. The number of rotatable bonds is 9. The summed E-state index contributed by atoms with van der Waals surface area (Å²) in [5.41, 5.74) is 2.95. The number of nitrogens with one attached hydrogen (secondary N) is 1. The van der Waals surface area contributed by atoms with Crippen molar-refractivity contribution in [3.63, 3.8) is 0 Å². The molecule has 0 aromatic heterocycles. The molecule has 0 saturated carbocycles. The molecule has 0 heterocycles. The van der Waals surface area contributed by atoms with Crippen molar-refractivity contribution in [1.82, 2.24) is 10.2 Å². The number of benzene rings is 2. The van der Waals surface area contributed by atoms with Crippen molar-refractivity contribution in [2.45, 2.75) is 39.1 Å². The van der Waals surface area contributed by atoms with E-state index in [0.717, 1.165) is 16.7 Å². The molecule has 0 aliphatic heterocycles. The number of carbonyl (C=O) groups excluding carboxylic acids is 2. The molecule has 156 valence electrons. The van der Waals surface area contributed by atoms with Crippen molar-refractivity contribution in [3.05, 3.63) is 69.2 Å². The first kappa shape index (κ1) is 23.6. The van der Waals surface area contributed by atoms with E-state index in [2.05, 4.69) is 5.32 Å². The summed E-state index contributed by atoms with van der Waals surface area (Å²) in [5, 5.41) is 3.97. The second-order valence-corrected chi connectivity index (χ2v) is 8.57. The predicted octanol–water partition coefficient (Wildman–Crippen LogP) is 5.09. The number of hydrogen-bond donors (Lipinski definition) is 1. The Balaban J connectivity index is 2.08. The molecular formula is C22H26Cl2N2O2S. The van der Waals surface area contributed by atoms with Crippen LogP contribution in [0.2, 0.25) is 10.0 Å². The monoisotopic (exact) mass is 452 g/mol. The standard InChI is InChI=1S/C22H26Cl2N2O2S/c1-4-25-22(28)16(3)26(12-17-10-8-15(2)9-11-17)21(27)14-29-13-18-19(23)6-5-7-20(18)24/h5-11,16H,4,12-14H2,1-3H3,(H,25,28)/t16-/m0/s1. The van der Waals surface area contributed by atoms with Gasteiger partial charge in [-0.15, -0.1) is 11.8 Å². The van der Waals surface area contributed by atoms with Crippen LogP contribution in [-0.2, 0) is 21.9 Å². The molecule has 2 aromatic rings. The van der Waals surface area contributed by atoms with Crippen LogP contribution in [0.3, 0.4) is 0 Å². The normalized spacial score (nSPS) is 11.8. The van der Waals surface area contributed by atoms with E-state index in [1.54, 1.807) is 30.0 Å². The summed E-state index contributed by atoms with van der Waals surface area (Å²) < 4.78 is 0. The molecule has 0 spiro atoms. The highest BCUT2D eigenvalue weighted by Gasteiger charge is 2.25. The molecule has 0 fully saturated rings. The van der Waals surface area contributed by atoms with Gasteiger partial charge in [-0.25, -0.2) is 0 Å². The van der Waals surface area contributed by atoms with Crippen LogP contribution in [0.1, 0.15) is 30.5 Å². The number of amides is 2. The Hall–Kier alpha value is -1.69. The summed E-state index contributed by atoms with van der Waals surface area (Å²) in [7, 11) is 0. The van der Waals surface area contributed by atoms with Crippen LogP contribution < -0.4 is 5.32 Å². The molecule has 1 atom stereocenters. The lowest BCUT2D eigenvalue weighted by molar-refractivity contribution is -0.138. The van der Waals surface area contributed by atoms with Crippen molar-refractivity contribution < 1.29 is 9.59 Å². The van der Waals surface area contributed by atoms with Crippen molar-refractivity contribution in [3.8, 4) is 0 Å². The first-order chi connectivity index (χ1) is 13.8. The third kappa shape index (κ3) is 6.95. The Bertz CT molecular complexity index is 823. The van der Waals surface area contributed by atoms with E-state index in [1.807, 2.05) is 38.1 Å². The number of nitrogens with zero attached hydrogens (tertiary/aromatic N) is 1. The van der Waals surface area contributed by atoms with Crippen molar-refractivity contribution in [2.24, 2.45) is 0 Å². The topological polar surface area (TPSA) is 49.4 Å². The molecule has 0 aliphatic carbocycles. The summed E-state index contributed by atoms with van der Waals surface area (Å²) in [6, 6.07) is 12.8. The highest BCUT2D eigenvalue weighted by Crippen LogP contribution is 2.28. The Morgan fingerprint density at radius 3 is 2.31 bits per heavy atom. The van der Waals surface area contributed by atoms with Crippen molar-refractivity contribution in [2.75, 3.05) is 12.3 Å². The molecule has 2 aromatic carbocycles. The van der Waals surface area contributed by atoms with E-state index in [9.17, 15) is 9.59 Å². The van der Waals surface area contributed by atoms with Gasteiger partial charge in [0.1, 0.15) is 6.04 Å². The quantitative estimate of drug-likeness (QED) is 0.576. The van der Waals surface area contributed by atoms with E-state index in [1.165, 1.54) is 11.8 Å². The Morgan fingerprint density at radius 1 is 1.10 bits per heavy atom. The fourth-order valence-electron chi connectivity index (χ4n) is 2.79. The molecule has 0 unspecified atom stereocenters. The minimum atomic E-state index is -0.562. The van der Waals surface area contributed by atoms with Crippen LogP contribution in [0.25, 0.3) is 0 Å².